The minimum atomic E-state index is 0.135. The molecule has 0 spiro atoms. The molecule has 18 heavy (non-hydrogen) atoms. The lowest BCUT2D eigenvalue weighted by atomic mass is 9.97. The standard InChI is InChI=1S/C17H36O/c1-5-8-9-10-11-12-13-14-16-18-17(4,7-3)15-6-2/h5-16H2,1-4H3. The second-order valence-corrected chi connectivity index (χ2v) is 5.88. The summed E-state index contributed by atoms with van der Waals surface area (Å²) in [6, 6.07) is 0. The maximum absolute atomic E-state index is 6.06. The van der Waals surface area contributed by atoms with Crippen LogP contribution in [0, 0.1) is 0 Å². The zero-order chi connectivity index (χ0) is 13.7. The molecule has 0 bridgehead atoms. The normalized spacial score (nSPS) is 14.7. The molecule has 110 valence electrons. The largest absolute Gasteiger partial charge is 0.375 e. The predicted molar refractivity (Wildman–Crippen MR) is 82.2 cm³/mol. The molecule has 1 atom stereocenters. The van der Waals surface area contributed by atoms with Crippen LogP contribution >= 0.6 is 0 Å². The first-order valence-corrected chi connectivity index (χ1v) is 8.32. The average molecular weight is 256 g/mol. The highest BCUT2D eigenvalue weighted by Crippen LogP contribution is 2.22. The smallest absolute Gasteiger partial charge is 0.0651 e. The molecule has 0 aliphatic rings. The van der Waals surface area contributed by atoms with Gasteiger partial charge in [0.05, 0.1) is 5.60 Å². The molecule has 0 saturated carbocycles. The Morgan fingerprint density at radius 2 is 1.28 bits per heavy atom. The highest BCUT2D eigenvalue weighted by molar-refractivity contribution is 4.72. The zero-order valence-corrected chi connectivity index (χ0v) is 13.4. The fraction of sp³-hybridized carbons (Fsp3) is 1.00. The highest BCUT2D eigenvalue weighted by Gasteiger charge is 2.20. The fourth-order valence-corrected chi connectivity index (χ4v) is 2.43. The van der Waals surface area contributed by atoms with Gasteiger partial charge in [-0.05, 0) is 26.2 Å². The predicted octanol–water partition coefficient (Wildman–Crippen LogP) is 6.11. The maximum Gasteiger partial charge on any atom is 0.0651 e. The van der Waals surface area contributed by atoms with Gasteiger partial charge in [-0.15, -0.1) is 0 Å². The van der Waals surface area contributed by atoms with Gasteiger partial charge in [0.25, 0.3) is 0 Å². The summed E-state index contributed by atoms with van der Waals surface area (Å²) in [6.07, 6.45) is 14.6. The minimum Gasteiger partial charge on any atom is -0.375 e. The van der Waals surface area contributed by atoms with Crippen LogP contribution < -0.4 is 0 Å². The Morgan fingerprint density at radius 3 is 1.78 bits per heavy atom. The van der Waals surface area contributed by atoms with Gasteiger partial charge in [0.15, 0.2) is 0 Å². The number of unbranched alkanes of at least 4 members (excludes halogenated alkanes) is 7. The maximum atomic E-state index is 6.06. The lowest BCUT2D eigenvalue weighted by molar-refractivity contribution is -0.0423. The van der Waals surface area contributed by atoms with E-state index in [0.29, 0.717) is 0 Å². The van der Waals surface area contributed by atoms with Gasteiger partial charge in [-0.2, -0.15) is 0 Å². The monoisotopic (exact) mass is 256 g/mol. The van der Waals surface area contributed by atoms with Gasteiger partial charge < -0.3 is 4.74 Å². The van der Waals surface area contributed by atoms with E-state index < -0.39 is 0 Å². The summed E-state index contributed by atoms with van der Waals surface area (Å²) < 4.78 is 6.06. The summed E-state index contributed by atoms with van der Waals surface area (Å²) in [5, 5.41) is 0. The fourth-order valence-electron chi connectivity index (χ4n) is 2.43. The molecular formula is C17H36O. The SMILES string of the molecule is CCCCCCCCCCOC(C)(CC)CCC. The van der Waals surface area contributed by atoms with E-state index in [1.807, 2.05) is 0 Å². The van der Waals surface area contributed by atoms with Gasteiger partial charge in [0.2, 0.25) is 0 Å². The third-order valence-electron chi connectivity index (χ3n) is 3.98. The van der Waals surface area contributed by atoms with Crippen molar-refractivity contribution in [3.05, 3.63) is 0 Å². The molecule has 0 aliphatic carbocycles. The lowest BCUT2D eigenvalue weighted by Gasteiger charge is -2.28. The second kappa shape index (κ2) is 12.0. The summed E-state index contributed by atoms with van der Waals surface area (Å²) in [5.41, 5.74) is 0.135. The van der Waals surface area contributed by atoms with E-state index in [1.165, 1.54) is 64.2 Å². The van der Waals surface area contributed by atoms with Crippen molar-refractivity contribution in [2.24, 2.45) is 0 Å². The van der Waals surface area contributed by atoms with Crippen molar-refractivity contribution in [1.29, 1.82) is 0 Å². The number of ether oxygens (including phenoxy) is 1. The minimum absolute atomic E-state index is 0.135. The molecule has 0 saturated heterocycles. The molecule has 0 rings (SSSR count). The van der Waals surface area contributed by atoms with Crippen LogP contribution in [0.15, 0.2) is 0 Å². The number of hydrogen-bond acceptors (Lipinski definition) is 1. The molecule has 0 fully saturated rings. The summed E-state index contributed by atoms with van der Waals surface area (Å²) in [6.45, 7) is 9.98. The molecule has 0 aromatic heterocycles. The molecule has 0 heterocycles. The quantitative estimate of drug-likeness (QED) is 0.361. The molecule has 1 nitrogen and oxygen atoms in total. The first kappa shape index (κ1) is 18.0. The molecule has 0 amide bonds. The highest BCUT2D eigenvalue weighted by atomic mass is 16.5. The molecule has 1 heteroatoms. The van der Waals surface area contributed by atoms with Crippen molar-refractivity contribution in [3.63, 3.8) is 0 Å². The Labute approximate surface area is 116 Å². The van der Waals surface area contributed by atoms with Crippen molar-refractivity contribution in [1.82, 2.24) is 0 Å². The average Bonchev–Trinajstić information content (AvgIpc) is 2.37. The molecule has 1 unspecified atom stereocenters. The van der Waals surface area contributed by atoms with E-state index in [4.69, 9.17) is 4.74 Å². The van der Waals surface area contributed by atoms with Crippen molar-refractivity contribution in [3.8, 4) is 0 Å². The van der Waals surface area contributed by atoms with Crippen LogP contribution in [-0.2, 0) is 4.74 Å². The van der Waals surface area contributed by atoms with Crippen LogP contribution in [-0.4, -0.2) is 12.2 Å². The Morgan fingerprint density at radius 1 is 0.722 bits per heavy atom. The van der Waals surface area contributed by atoms with Crippen molar-refractivity contribution < 1.29 is 4.74 Å². The van der Waals surface area contributed by atoms with Crippen LogP contribution in [0.1, 0.15) is 98.3 Å². The van der Waals surface area contributed by atoms with Crippen LogP contribution in [0.5, 0.6) is 0 Å². The summed E-state index contributed by atoms with van der Waals surface area (Å²) >= 11 is 0. The van der Waals surface area contributed by atoms with Gasteiger partial charge >= 0.3 is 0 Å². The van der Waals surface area contributed by atoms with Crippen LogP contribution in [0.3, 0.4) is 0 Å². The van der Waals surface area contributed by atoms with E-state index in [2.05, 4.69) is 27.7 Å². The van der Waals surface area contributed by atoms with Gasteiger partial charge in [-0.1, -0.05) is 72.1 Å². The zero-order valence-electron chi connectivity index (χ0n) is 13.4. The number of hydrogen-bond donors (Lipinski definition) is 0. The second-order valence-electron chi connectivity index (χ2n) is 5.88. The van der Waals surface area contributed by atoms with Crippen molar-refractivity contribution in [2.45, 2.75) is 104 Å². The van der Waals surface area contributed by atoms with E-state index in [-0.39, 0.29) is 5.60 Å². The Bertz CT molecular complexity index is 167. The van der Waals surface area contributed by atoms with E-state index in [9.17, 15) is 0 Å². The van der Waals surface area contributed by atoms with Crippen LogP contribution in [0.25, 0.3) is 0 Å². The van der Waals surface area contributed by atoms with E-state index in [0.717, 1.165) is 13.0 Å². The van der Waals surface area contributed by atoms with Crippen LogP contribution in [0.4, 0.5) is 0 Å². The summed E-state index contributed by atoms with van der Waals surface area (Å²) in [4.78, 5) is 0. The Kier molecular flexibility index (Phi) is 12.0. The summed E-state index contributed by atoms with van der Waals surface area (Å²) in [5.74, 6) is 0. The first-order valence-electron chi connectivity index (χ1n) is 8.32. The van der Waals surface area contributed by atoms with E-state index >= 15 is 0 Å². The Hall–Kier alpha value is -0.0400. The van der Waals surface area contributed by atoms with Gasteiger partial charge in [0, 0.05) is 6.61 Å². The molecular weight excluding hydrogens is 220 g/mol. The first-order chi connectivity index (χ1) is 8.68. The van der Waals surface area contributed by atoms with Gasteiger partial charge in [0.1, 0.15) is 0 Å². The van der Waals surface area contributed by atoms with E-state index in [1.54, 1.807) is 0 Å². The van der Waals surface area contributed by atoms with Crippen LogP contribution in [0.2, 0.25) is 0 Å². The van der Waals surface area contributed by atoms with Crippen molar-refractivity contribution in [2.75, 3.05) is 6.61 Å². The topological polar surface area (TPSA) is 9.23 Å². The van der Waals surface area contributed by atoms with Gasteiger partial charge in [-0.25, -0.2) is 0 Å². The number of rotatable bonds is 13. The summed E-state index contributed by atoms with van der Waals surface area (Å²) in [7, 11) is 0. The third kappa shape index (κ3) is 9.94. The molecule has 0 aromatic carbocycles. The Balaban J connectivity index is 3.33. The molecule has 0 aromatic rings. The molecule has 0 radical (unpaired) electrons. The molecule has 0 aliphatic heterocycles. The lowest BCUT2D eigenvalue weighted by Crippen LogP contribution is -2.28. The van der Waals surface area contributed by atoms with Crippen molar-refractivity contribution >= 4 is 0 Å². The molecule has 0 N–H and O–H groups in total. The van der Waals surface area contributed by atoms with Gasteiger partial charge in [-0.3, -0.25) is 0 Å². The third-order valence-corrected chi connectivity index (χ3v) is 3.98.